The molecule has 0 aliphatic carbocycles. The second-order valence-corrected chi connectivity index (χ2v) is 10.3. The molecule has 4 rings (SSSR count). The molecule has 0 unspecified atom stereocenters. The monoisotopic (exact) mass is 469 g/mol. The number of carbonyl (C=O) groups excluding carboxylic acids is 1. The van der Waals surface area contributed by atoms with Gasteiger partial charge in [-0.05, 0) is 62.1 Å². The van der Waals surface area contributed by atoms with Crippen LogP contribution in [0.15, 0.2) is 56.6 Å². The Morgan fingerprint density at radius 1 is 1.00 bits per heavy atom. The number of carbonyl (C=O) groups is 1. The second kappa shape index (κ2) is 9.49. The first-order valence-electron chi connectivity index (χ1n) is 11.1. The summed E-state index contributed by atoms with van der Waals surface area (Å²) in [5.74, 6) is -0.598. The zero-order valence-electron chi connectivity index (χ0n) is 18.8. The molecule has 1 fully saturated rings. The smallest absolute Gasteiger partial charge is 0.338 e. The van der Waals surface area contributed by atoms with E-state index in [2.05, 4.69) is 0 Å². The van der Waals surface area contributed by atoms with Gasteiger partial charge in [0.25, 0.3) is 0 Å². The van der Waals surface area contributed by atoms with E-state index < -0.39 is 21.6 Å². The number of hydrogen-bond acceptors (Lipinski definition) is 6. The summed E-state index contributed by atoms with van der Waals surface area (Å²) in [6.07, 6.45) is 3.79. The van der Waals surface area contributed by atoms with Crippen molar-refractivity contribution in [3.8, 4) is 0 Å². The van der Waals surface area contributed by atoms with E-state index in [9.17, 15) is 18.0 Å². The molecule has 1 aromatic heterocycles. The lowest BCUT2D eigenvalue weighted by Crippen LogP contribution is -2.31. The molecule has 2 aromatic carbocycles. The molecular formula is C25H27NO6S. The molecule has 8 heteroatoms. The Balaban J connectivity index is 1.50. The fourth-order valence-corrected chi connectivity index (χ4v) is 5.58. The van der Waals surface area contributed by atoms with Gasteiger partial charge in [-0.25, -0.2) is 18.0 Å². The summed E-state index contributed by atoms with van der Waals surface area (Å²) >= 11 is 0. The van der Waals surface area contributed by atoms with Crippen LogP contribution in [0.1, 0.15) is 52.7 Å². The predicted molar refractivity (Wildman–Crippen MR) is 125 cm³/mol. The molecule has 174 valence electrons. The molecule has 1 aliphatic heterocycles. The van der Waals surface area contributed by atoms with Crippen molar-refractivity contribution in [3.63, 3.8) is 0 Å². The molecule has 33 heavy (non-hydrogen) atoms. The first kappa shape index (κ1) is 23.2. The number of nitrogens with zero attached hydrogens (tertiary/aromatic N) is 1. The van der Waals surface area contributed by atoms with Crippen LogP contribution in [-0.4, -0.2) is 31.8 Å². The standard InChI is InChI=1S/C25H27NO6S/c1-17-7-12-22-20(15-23(27)32-24(22)18(17)2)16-31-25(28)19-8-10-21(11-9-19)33(29,30)26-13-5-3-4-6-14-26/h7-12,15H,3-6,13-14,16H2,1-2H3. The second-order valence-electron chi connectivity index (χ2n) is 8.39. The van der Waals surface area contributed by atoms with Gasteiger partial charge in [-0.1, -0.05) is 25.0 Å². The van der Waals surface area contributed by atoms with Crippen molar-refractivity contribution in [2.45, 2.75) is 51.0 Å². The Morgan fingerprint density at radius 3 is 2.33 bits per heavy atom. The van der Waals surface area contributed by atoms with E-state index in [0.29, 0.717) is 29.6 Å². The molecule has 0 amide bonds. The molecular weight excluding hydrogens is 442 g/mol. The minimum Gasteiger partial charge on any atom is -0.457 e. The summed E-state index contributed by atoms with van der Waals surface area (Å²) in [6.45, 7) is 4.74. The molecule has 0 saturated carbocycles. The molecule has 0 spiro atoms. The highest BCUT2D eigenvalue weighted by Gasteiger charge is 2.25. The molecule has 1 aliphatic rings. The number of esters is 1. The maximum absolute atomic E-state index is 12.9. The van der Waals surface area contributed by atoms with Gasteiger partial charge in [0, 0.05) is 30.1 Å². The summed E-state index contributed by atoms with van der Waals surface area (Å²) in [4.78, 5) is 24.7. The predicted octanol–water partition coefficient (Wildman–Crippen LogP) is 4.33. The number of ether oxygens (including phenoxy) is 1. The van der Waals surface area contributed by atoms with Crippen LogP contribution in [0.25, 0.3) is 11.0 Å². The highest BCUT2D eigenvalue weighted by molar-refractivity contribution is 7.89. The van der Waals surface area contributed by atoms with Crippen LogP contribution in [0.5, 0.6) is 0 Å². The fraction of sp³-hybridized carbons (Fsp3) is 0.360. The Morgan fingerprint density at radius 2 is 1.67 bits per heavy atom. The topological polar surface area (TPSA) is 93.9 Å². The maximum atomic E-state index is 12.9. The minimum absolute atomic E-state index is 0.0999. The first-order valence-corrected chi connectivity index (χ1v) is 12.5. The van der Waals surface area contributed by atoms with Crippen molar-refractivity contribution < 1.29 is 22.4 Å². The third kappa shape index (κ3) is 4.86. The Bertz CT molecular complexity index is 1330. The van der Waals surface area contributed by atoms with Crippen LogP contribution in [0.3, 0.4) is 0 Å². The molecule has 2 heterocycles. The summed E-state index contributed by atoms with van der Waals surface area (Å²) in [5.41, 5.74) is 2.62. The van der Waals surface area contributed by atoms with Crippen LogP contribution in [0.4, 0.5) is 0 Å². The van der Waals surface area contributed by atoms with Crippen LogP contribution in [0.2, 0.25) is 0 Å². The van der Waals surface area contributed by atoms with Crippen molar-refractivity contribution in [3.05, 3.63) is 75.1 Å². The largest absolute Gasteiger partial charge is 0.457 e. The Labute approximate surface area is 193 Å². The van der Waals surface area contributed by atoms with E-state index in [1.165, 1.54) is 34.6 Å². The van der Waals surface area contributed by atoms with E-state index in [1.807, 2.05) is 26.0 Å². The molecule has 1 saturated heterocycles. The number of rotatable bonds is 5. The number of sulfonamides is 1. The summed E-state index contributed by atoms with van der Waals surface area (Å²) in [5, 5.41) is 0.712. The normalized spacial score (nSPS) is 15.3. The number of hydrogen-bond donors (Lipinski definition) is 0. The van der Waals surface area contributed by atoms with E-state index in [-0.39, 0.29) is 17.1 Å². The van der Waals surface area contributed by atoms with E-state index >= 15 is 0 Å². The van der Waals surface area contributed by atoms with E-state index in [1.54, 1.807) is 0 Å². The lowest BCUT2D eigenvalue weighted by molar-refractivity contribution is 0.0473. The molecule has 3 aromatic rings. The summed E-state index contributed by atoms with van der Waals surface area (Å²) in [6, 6.07) is 10.9. The van der Waals surface area contributed by atoms with Crippen LogP contribution in [0, 0.1) is 13.8 Å². The van der Waals surface area contributed by atoms with Gasteiger partial charge < -0.3 is 9.15 Å². The SMILES string of the molecule is Cc1ccc2c(COC(=O)c3ccc(S(=O)(=O)N4CCCCCC4)cc3)cc(=O)oc2c1C. The zero-order chi connectivity index (χ0) is 23.6. The summed E-state index contributed by atoms with van der Waals surface area (Å²) in [7, 11) is -3.58. The highest BCUT2D eigenvalue weighted by Crippen LogP contribution is 2.24. The molecule has 0 bridgehead atoms. The van der Waals surface area contributed by atoms with Gasteiger partial charge in [0.05, 0.1) is 10.5 Å². The van der Waals surface area contributed by atoms with Crippen molar-refractivity contribution >= 4 is 27.0 Å². The maximum Gasteiger partial charge on any atom is 0.338 e. The number of benzene rings is 2. The van der Waals surface area contributed by atoms with Gasteiger partial charge in [-0.3, -0.25) is 0 Å². The highest BCUT2D eigenvalue weighted by atomic mass is 32.2. The van der Waals surface area contributed by atoms with Crippen molar-refractivity contribution in [2.75, 3.05) is 13.1 Å². The minimum atomic E-state index is -3.58. The Hall–Kier alpha value is -2.97. The average Bonchev–Trinajstić information content (AvgIpc) is 3.10. The van der Waals surface area contributed by atoms with Gasteiger partial charge >= 0.3 is 11.6 Å². The fourth-order valence-electron chi connectivity index (χ4n) is 4.06. The van der Waals surface area contributed by atoms with Crippen LogP contribution >= 0.6 is 0 Å². The zero-order valence-corrected chi connectivity index (χ0v) is 19.6. The number of aryl methyl sites for hydroxylation is 2. The van der Waals surface area contributed by atoms with Crippen LogP contribution < -0.4 is 5.63 Å². The third-order valence-electron chi connectivity index (χ3n) is 6.17. The molecule has 0 radical (unpaired) electrons. The molecule has 0 N–H and O–H groups in total. The van der Waals surface area contributed by atoms with Gasteiger partial charge in [0.1, 0.15) is 12.2 Å². The van der Waals surface area contributed by atoms with Gasteiger partial charge in [-0.15, -0.1) is 0 Å². The van der Waals surface area contributed by atoms with Gasteiger partial charge in [-0.2, -0.15) is 4.31 Å². The molecule has 0 atom stereocenters. The number of fused-ring (bicyclic) bond motifs is 1. The lowest BCUT2D eigenvalue weighted by Gasteiger charge is -2.20. The van der Waals surface area contributed by atoms with Crippen molar-refractivity contribution in [2.24, 2.45) is 0 Å². The Kier molecular flexibility index (Phi) is 6.67. The van der Waals surface area contributed by atoms with E-state index in [4.69, 9.17) is 9.15 Å². The van der Waals surface area contributed by atoms with Crippen molar-refractivity contribution in [1.82, 2.24) is 4.31 Å². The van der Waals surface area contributed by atoms with Gasteiger partial charge in [0.15, 0.2) is 0 Å². The van der Waals surface area contributed by atoms with Crippen LogP contribution in [-0.2, 0) is 21.4 Å². The average molecular weight is 470 g/mol. The van der Waals surface area contributed by atoms with Crippen molar-refractivity contribution in [1.29, 1.82) is 0 Å². The van der Waals surface area contributed by atoms with E-state index in [0.717, 1.165) is 36.8 Å². The first-order chi connectivity index (χ1) is 15.8. The summed E-state index contributed by atoms with van der Waals surface area (Å²) < 4.78 is 38.1. The van der Waals surface area contributed by atoms with Gasteiger partial charge in [0.2, 0.25) is 10.0 Å². The third-order valence-corrected chi connectivity index (χ3v) is 8.08. The lowest BCUT2D eigenvalue weighted by atomic mass is 10.0. The molecule has 7 nitrogen and oxygen atoms in total. The quantitative estimate of drug-likeness (QED) is 0.408.